The first-order chi connectivity index (χ1) is 12.6. The van der Waals surface area contributed by atoms with Gasteiger partial charge in [-0.25, -0.2) is 0 Å². The predicted octanol–water partition coefficient (Wildman–Crippen LogP) is 4.49. The number of carbonyl (C=O) groups is 1. The van der Waals surface area contributed by atoms with Crippen LogP contribution in [0.2, 0.25) is 0 Å². The minimum absolute atomic E-state index is 0.154. The van der Waals surface area contributed by atoms with E-state index >= 15 is 0 Å². The molecule has 0 rings (SSSR count). The summed E-state index contributed by atoms with van der Waals surface area (Å²) in [5.41, 5.74) is 0. The molecule has 0 unspecified atom stereocenters. The summed E-state index contributed by atoms with van der Waals surface area (Å²) < 4.78 is 0. The lowest BCUT2D eigenvalue weighted by atomic mass is 10.2. The van der Waals surface area contributed by atoms with Gasteiger partial charge < -0.3 is 15.3 Å². The number of allylic oxidation sites excluding steroid dienone is 8. The van der Waals surface area contributed by atoms with E-state index in [0.717, 1.165) is 12.8 Å². The van der Waals surface area contributed by atoms with E-state index in [1.54, 1.807) is 24.3 Å². The van der Waals surface area contributed by atoms with E-state index in [1.807, 2.05) is 48.6 Å². The van der Waals surface area contributed by atoms with Gasteiger partial charge in [-0.15, -0.1) is 0 Å². The molecule has 3 N–H and O–H groups in total. The van der Waals surface area contributed by atoms with Crippen molar-refractivity contribution >= 4 is 5.97 Å². The van der Waals surface area contributed by atoms with E-state index in [2.05, 4.69) is 6.92 Å². The van der Waals surface area contributed by atoms with Gasteiger partial charge in [0.25, 0.3) is 0 Å². The van der Waals surface area contributed by atoms with Gasteiger partial charge in [0, 0.05) is 6.42 Å². The Kier molecular flexibility index (Phi) is 16.2. The molecule has 0 aliphatic carbocycles. The molecule has 4 nitrogen and oxygen atoms in total. The van der Waals surface area contributed by atoms with Gasteiger partial charge >= 0.3 is 5.97 Å². The largest absolute Gasteiger partial charge is 0.481 e. The first-order valence-corrected chi connectivity index (χ1v) is 9.10. The number of hydrogen-bond acceptors (Lipinski definition) is 3. The fraction of sp³-hybridized carbons (Fsp3) is 0.409. The van der Waals surface area contributed by atoms with E-state index in [4.69, 9.17) is 5.11 Å². The summed E-state index contributed by atoms with van der Waals surface area (Å²) in [6, 6.07) is 0. The fourth-order valence-electron chi connectivity index (χ4n) is 1.90. The van der Waals surface area contributed by atoms with Crippen molar-refractivity contribution in [3.63, 3.8) is 0 Å². The van der Waals surface area contributed by atoms with Crippen molar-refractivity contribution in [1.29, 1.82) is 0 Å². The summed E-state index contributed by atoms with van der Waals surface area (Å²) in [6.45, 7) is 2.06. The van der Waals surface area contributed by atoms with Crippen LogP contribution in [0.3, 0.4) is 0 Å². The van der Waals surface area contributed by atoms with Gasteiger partial charge in [-0.3, -0.25) is 4.79 Å². The molecule has 0 spiro atoms. The van der Waals surface area contributed by atoms with Gasteiger partial charge in [0.15, 0.2) is 0 Å². The summed E-state index contributed by atoms with van der Waals surface area (Å²) in [6.07, 6.45) is 24.8. The molecule has 0 amide bonds. The van der Waals surface area contributed by atoms with Crippen molar-refractivity contribution < 1.29 is 20.1 Å². The van der Waals surface area contributed by atoms with Crippen molar-refractivity contribution in [1.82, 2.24) is 0 Å². The lowest BCUT2D eigenvalue weighted by molar-refractivity contribution is -0.136. The van der Waals surface area contributed by atoms with Gasteiger partial charge in [-0.05, 0) is 32.1 Å². The molecule has 2 atom stereocenters. The van der Waals surface area contributed by atoms with Gasteiger partial charge in [0.2, 0.25) is 0 Å². The Morgan fingerprint density at radius 1 is 0.808 bits per heavy atom. The van der Waals surface area contributed by atoms with Crippen LogP contribution >= 0.6 is 0 Å². The number of aliphatic hydroxyl groups excluding tert-OH is 2. The Morgan fingerprint density at radius 3 is 1.88 bits per heavy atom. The number of aliphatic hydroxyl groups is 2. The Balaban J connectivity index is 3.87. The lowest BCUT2D eigenvalue weighted by Crippen LogP contribution is -1.98. The van der Waals surface area contributed by atoms with E-state index in [0.29, 0.717) is 19.3 Å². The normalized spacial score (nSPS) is 15.5. The standard InChI is InChI=1S/C22H32O4/c1-2-3-10-15-20(23)17-12-8-9-13-18-21(24)16-11-6-4-5-7-14-19-22(25)26/h3,5-13,17-18,20-21,23-24H,2,4,14-16,19H2,1H3,(H,25,26)/b7-5-,9-8+,10-3-,11-6-,17-12+,18-13+/t20-,21-/m1/s1. The molecule has 0 aromatic rings. The first-order valence-electron chi connectivity index (χ1n) is 9.10. The number of hydrogen-bond donors (Lipinski definition) is 3. The molecule has 0 aromatic carbocycles. The Bertz CT molecular complexity index is 524. The van der Waals surface area contributed by atoms with Crippen LogP contribution in [0.15, 0.2) is 72.9 Å². The van der Waals surface area contributed by atoms with Crippen molar-refractivity contribution in [3.8, 4) is 0 Å². The molecule has 0 heterocycles. The average molecular weight is 360 g/mol. The van der Waals surface area contributed by atoms with E-state index in [1.165, 1.54) is 0 Å². The average Bonchev–Trinajstić information content (AvgIpc) is 2.60. The van der Waals surface area contributed by atoms with Gasteiger partial charge in [-0.1, -0.05) is 79.8 Å². The van der Waals surface area contributed by atoms with Crippen molar-refractivity contribution in [2.75, 3.05) is 0 Å². The molecule has 0 aliphatic heterocycles. The molecule has 0 saturated heterocycles. The monoisotopic (exact) mass is 360 g/mol. The third-order valence-corrected chi connectivity index (χ3v) is 3.29. The number of rotatable bonds is 14. The molecule has 4 heteroatoms. The predicted molar refractivity (Wildman–Crippen MR) is 108 cm³/mol. The Hall–Kier alpha value is -2.17. The number of carboxylic acid groups (broad SMARTS) is 1. The Morgan fingerprint density at radius 2 is 1.35 bits per heavy atom. The van der Waals surface area contributed by atoms with Crippen LogP contribution in [0, 0.1) is 0 Å². The third kappa shape index (κ3) is 18.2. The maximum absolute atomic E-state index is 10.3. The molecule has 26 heavy (non-hydrogen) atoms. The second kappa shape index (κ2) is 17.6. The molecular weight excluding hydrogens is 328 g/mol. The Labute approximate surface area is 157 Å². The SMILES string of the molecule is CC/C=C\C[C@@H](O)/C=C/C=C/C=C/[C@H](O)C/C=C\C/C=C\CCC(=O)O. The highest BCUT2D eigenvalue weighted by atomic mass is 16.4. The van der Waals surface area contributed by atoms with Crippen molar-refractivity contribution in [2.24, 2.45) is 0 Å². The highest BCUT2D eigenvalue weighted by molar-refractivity contribution is 5.66. The summed E-state index contributed by atoms with van der Waals surface area (Å²) in [7, 11) is 0. The van der Waals surface area contributed by atoms with Crippen molar-refractivity contribution in [2.45, 2.75) is 57.7 Å². The van der Waals surface area contributed by atoms with Gasteiger partial charge in [-0.2, -0.15) is 0 Å². The fourth-order valence-corrected chi connectivity index (χ4v) is 1.90. The molecular formula is C22H32O4. The molecule has 144 valence electrons. The number of aliphatic carboxylic acids is 1. The topological polar surface area (TPSA) is 77.8 Å². The summed E-state index contributed by atoms with van der Waals surface area (Å²) in [5, 5.41) is 28.0. The highest BCUT2D eigenvalue weighted by Gasteiger charge is 1.94. The maximum atomic E-state index is 10.3. The molecule has 0 aliphatic rings. The second-order valence-corrected chi connectivity index (χ2v) is 5.75. The first kappa shape index (κ1) is 23.8. The molecule has 0 aromatic heterocycles. The van der Waals surface area contributed by atoms with Crippen LogP contribution in [0.5, 0.6) is 0 Å². The molecule has 0 bridgehead atoms. The van der Waals surface area contributed by atoms with Crippen LogP contribution < -0.4 is 0 Å². The van der Waals surface area contributed by atoms with Crippen LogP contribution in [0.25, 0.3) is 0 Å². The summed E-state index contributed by atoms with van der Waals surface area (Å²) >= 11 is 0. The minimum Gasteiger partial charge on any atom is -0.481 e. The quantitative estimate of drug-likeness (QED) is 0.315. The summed E-state index contributed by atoms with van der Waals surface area (Å²) in [4.78, 5) is 10.3. The van der Waals surface area contributed by atoms with Crippen LogP contribution in [-0.4, -0.2) is 33.5 Å². The third-order valence-electron chi connectivity index (χ3n) is 3.29. The smallest absolute Gasteiger partial charge is 0.303 e. The second-order valence-electron chi connectivity index (χ2n) is 5.75. The van der Waals surface area contributed by atoms with Crippen LogP contribution in [0.4, 0.5) is 0 Å². The zero-order chi connectivity index (χ0) is 19.5. The minimum atomic E-state index is -0.787. The van der Waals surface area contributed by atoms with Crippen molar-refractivity contribution in [3.05, 3.63) is 72.9 Å². The number of carboxylic acids is 1. The molecule has 0 fully saturated rings. The molecule has 0 radical (unpaired) electrons. The van der Waals surface area contributed by atoms with E-state index in [-0.39, 0.29) is 6.42 Å². The summed E-state index contributed by atoms with van der Waals surface area (Å²) in [5.74, 6) is -0.787. The highest BCUT2D eigenvalue weighted by Crippen LogP contribution is 2.00. The van der Waals surface area contributed by atoms with E-state index < -0.39 is 18.2 Å². The van der Waals surface area contributed by atoms with Gasteiger partial charge in [0.05, 0.1) is 12.2 Å². The van der Waals surface area contributed by atoms with Crippen LogP contribution in [0.1, 0.15) is 45.4 Å². The van der Waals surface area contributed by atoms with Gasteiger partial charge in [0.1, 0.15) is 0 Å². The zero-order valence-corrected chi connectivity index (χ0v) is 15.6. The zero-order valence-electron chi connectivity index (χ0n) is 15.6. The van der Waals surface area contributed by atoms with Crippen LogP contribution in [-0.2, 0) is 4.79 Å². The lowest BCUT2D eigenvalue weighted by Gasteiger charge is -1.99. The maximum Gasteiger partial charge on any atom is 0.303 e. The van der Waals surface area contributed by atoms with E-state index in [9.17, 15) is 15.0 Å². The molecule has 0 saturated carbocycles.